The molecule has 1 aromatic heterocycles. The Morgan fingerprint density at radius 3 is 2.39 bits per heavy atom. The summed E-state index contributed by atoms with van der Waals surface area (Å²) in [6.07, 6.45) is 0. The number of halogens is 3. The first-order chi connectivity index (χ1) is 13.2. The Balaban J connectivity index is 1.93. The molecule has 0 spiro atoms. The second-order valence-electron chi connectivity index (χ2n) is 7.17. The molecule has 1 heterocycles. The van der Waals surface area contributed by atoms with Crippen molar-refractivity contribution in [2.45, 2.75) is 12.8 Å². The standard InChI is InChI=1S/C22H18Cl3N3/c1-10-15(21(26)17-16(10)18(23)11(2)19(24)20(17)25)13-9-8-12-6-5-7-14(28(3)4)22(12)27-13/h5-9,15,26H,1H2,2-4H3. The summed E-state index contributed by atoms with van der Waals surface area (Å²) < 4.78 is 0. The SMILES string of the molecule is C=C1c2c(Cl)c(C)c(Cl)c(Cl)c2C(=N)C1c1ccc2cccc(N(C)C)c2n1. The summed E-state index contributed by atoms with van der Waals surface area (Å²) in [5.41, 5.74) is 5.64. The fourth-order valence-electron chi connectivity index (χ4n) is 3.79. The predicted molar refractivity (Wildman–Crippen MR) is 121 cm³/mol. The summed E-state index contributed by atoms with van der Waals surface area (Å²) in [5, 5.41) is 11.1. The van der Waals surface area contributed by atoms with Crippen LogP contribution in [0.1, 0.15) is 28.3 Å². The van der Waals surface area contributed by atoms with E-state index in [9.17, 15) is 0 Å². The normalized spacial score (nSPS) is 16.0. The van der Waals surface area contributed by atoms with Crippen molar-refractivity contribution < 1.29 is 0 Å². The van der Waals surface area contributed by atoms with Gasteiger partial charge in [-0.25, -0.2) is 4.98 Å². The summed E-state index contributed by atoms with van der Waals surface area (Å²) in [4.78, 5) is 6.93. The molecule has 2 aromatic carbocycles. The van der Waals surface area contributed by atoms with Crippen molar-refractivity contribution in [3.8, 4) is 0 Å². The highest BCUT2D eigenvalue weighted by molar-refractivity contribution is 6.48. The molecule has 0 aliphatic heterocycles. The molecule has 1 unspecified atom stereocenters. The highest BCUT2D eigenvalue weighted by atomic mass is 35.5. The molecule has 0 saturated heterocycles. The van der Waals surface area contributed by atoms with Crippen LogP contribution in [0, 0.1) is 12.3 Å². The van der Waals surface area contributed by atoms with Gasteiger partial charge in [0.05, 0.1) is 43.6 Å². The fourth-order valence-corrected chi connectivity index (χ4v) is 4.68. The third kappa shape index (κ3) is 2.65. The van der Waals surface area contributed by atoms with Gasteiger partial charge >= 0.3 is 0 Å². The van der Waals surface area contributed by atoms with Gasteiger partial charge in [-0.2, -0.15) is 0 Å². The van der Waals surface area contributed by atoms with E-state index in [0.717, 1.165) is 27.9 Å². The summed E-state index contributed by atoms with van der Waals surface area (Å²) in [7, 11) is 3.97. The van der Waals surface area contributed by atoms with Crippen LogP contribution < -0.4 is 4.90 Å². The van der Waals surface area contributed by atoms with Crippen LogP contribution in [0.15, 0.2) is 36.9 Å². The van der Waals surface area contributed by atoms with E-state index in [1.807, 2.05) is 56.3 Å². The van der Waals surface area contributed by atoms with Gasteiger partial charge in [0.15, 0.2) is 0 Å². The molecule has 1 aliphatic rings. The van der Waals surface area contributed by atoms with Crippen molar-refractivity contribution in [3.05, 3.63) is 74.4 Å². The molecule has 0 radical (unpaired) electrons. The average Bonchev–Trinajstić information content (AvgIpc) is 2.94. The Bertz CT molecular complexity index is 1130. The maximum atomic E-state index is 8.79. The molecule has 1 N–H and O–H groups in total. The first-order valence-corrected chi connectivity index (χ1v) is 9.89. The van der Waals surface area contributed by atoms with Crippen LogP contribution in [0.25, 0.3) is 16.5 Å². The number of anilines is 1. The van der Waals surface area contributed by atoms with Crippen molar-refractivity contribution in [2.75, 3.05) is 19.0 Å². The van der Waals surface area contributed by atoms with Gasteiger partial charge in [0.1, 0.15) is 0 Å². The maximum absolute atomic E-state index is 8.79. The number of aromatic nitrogens is 1. The summed E-state index contributed by atoms with van der Waals surface area (Å²) >= 11 is 19.4. The lowest BCUT2D eigenvalue weighted by molar-refractivity contribution is 1.07. The van der Waals surface area contributed by atoms with Crippen LogP contribution in [-0.2, 0) is 0 Å². The minimum absolute atomic E-state index is 0.322. The third-order valence-corrected chi connectivity index (χ3v) is 6.69. The lowest BCUT2D eigenvalue weighted by atomic mass is 9.95. The van der Waals surface area contributed by atoms with Gasteiger partial charge in [-0.3, -0.25) is 0 Å². The van der Waals surface area contributed by atoms with Crippen LogP contribution >= 0.6 is 34.8 Å². The van der Waals surface area contributed by atoms with Gasteiger partial charge in [-0.1, -0.05) is 59.6 Å². The molecule has 3 nitrogen and oxygen atoms in total. The molecule has 0 saturated carbocycles. The summed E-state index contributed by atoms with van der Waals surface area (Å²) in [6.45, 7) is 6.05. The monoisotopic (exact) mass is 429 g/mol. The Labute approximate surface area is 179 Å². The number of rotatable bonds is 2. The highest BCUT2D eigenvalue weighted by Crippen LogP contribution is 2.51. The number of benzene rings is 2. The first kappa shape index (κ1) is 19.3. The average molecular weight is 431 g/mol. The Hall–Kier alpha value is -2.07. The second-order valence-corrected chi connectivity index (χ2v) is 8.30. The van der Waals surface area contributed by atoms with Gasteiger partial charge in [0.2, 0.25) is 0 Å². The van der Waals surface area contributed by atoms with Crippen LogP contribution in [-0.4, -0.2) is 24.8 Å². The van der Waals surface area contributed by atoms with Gasteiger partial charge in [0.25, 0.3) is 0 Å². The zero-order valence-electron chi connectivity index (χ0n) is 15.7. The summed E-state index contributed by atoms with van der Waals surface area (Å²) in [5.74, 6) is -0.414. The Morgan fingerprint density at radius 1 is 1.00 bits per heavy atom. The lowest BCUT2D eigenvalue weighted by Gasteiger charge is -2.17. The molecule has 0 amide bonds. The molecule has 6 heteroatoms. The van der Waals surface area contributed by atoms with Gasteiger partial charge in [-0.15, -0.1) is 0 Å². The second kappa shape index (κ2) is 6.77. The quantitative estimate of drug-likeness (QED) is 0.457. The van der Waals surface area contributed by atoms with E-state index in [4.69, 9.17) is 45.2 Å². The van der Waals surface area contributed by atoms with E-state index in [1.165, 1.54) is 0 Å². The largest absolute Gasteiger partial charge is 0.376 e. The number of fused-ring (bicyclic) bond motifs is 2. The molecule has 142 valence electrons. The van der Waals surface area contributed by atoms with Gasteiger partial charge in [0, 0.05) is 30.6 Å². The van der Waals surface area contributed by atoms with E-state index < -0.39 is 5.92 Å². The van der Waals surface area contributed by atoms with E-state index in [-0.39, 0.29) is 0 Å². The summed E-state index contributed by atoms with van der Waals surface area (Å²) in [6, 6.07) is 10.0. The smallest absolute Gasteiger partial charge is 0.0938 e. The number of allylic oxidation sites excluding steroid dienone is 1. The Morgan fingerprint density at radius 2 is 1.71 bits per heavy atom. The first-order valence-electron chi connectivity index (χ1n) is 8.76. The zero-order chi connectivity index (χ0) is 20.3. The molecular formula is C22H18Cl3N3. The minimum Gasteiger partial charge on any atom is -0.376 e. The van der Waals surface area contributed by atoms with Crippen molar-refractivity contribution in [1.82, 2.24) is 4.98 Å². The van der Waals surface area contributed by atoms with E-state index in [1.54, 1.807) is 0 Å². The number of pyridine rings is 1. The van der Waals surface area contributed by atoms with E-state index in [0.29, 0.717) is 37.5 Å². The van der Waals surface area contributed by atoms with E-state index in [2.05, 4.69) is 6.58 Å². The van der Waals surface area contributed by atoms with Crippen molar-refractivity contribution >= 4 is 62.7 Å². The topological polar surface area (TPSA) is 40.0 Å². The fraction of sp³-hybridized carbons (Fsp3) is 0.182. The molecule has 1 aliphatic carbocycles. The van der Waals surface area contributed by atoms with Crippen molar-refractivity contribution in [3.63, 3.8) is 0 Å². The molecule has 4 rings (SSSR count). The van der Waals surface area contributed by atoms with Crippen LogP contribution in [0.3, 0.4) is 0 Å². The van der Waals surface area contributed by atoms with Crippen molar-refractivity contribution in [2.24, 2.45) is 0 Å². The lowest BCUT2D eigenvalue weighted by Crippen LogP contribution is -2.12. The van der Waals surface area contributed by atoms with Gasteiger partial charge < -0.3 is 10.3 Å². The van der Waals surface area contributed by atoms with E-state index >= 15 is 0 Å². The van der Waals surface area contributed by atoms with Crippen LogP contribution in [0.5, 0.6) is 0 Å². The minimum atomic E-state index is -0.414. The highest BCUT2D eigenvalue weighted by Gasteiger charge is 2.38. The molecule has 28 heavy (non-hydrogen) atoms. The van der Waals surface area contributed by atoms with Gasteiger partial charge in [-0.05, 0) is 30.2 Å². The van der Waals surface area contributed by atoms with Crippen LogP contribution in [0.2, 0.25) is 15.1 Å². The Kier molecular flexibility index (Phi) is 4.65. The number of hydrogen-bond acceptors (Lipinski definition) is 3. The van der Waals surface area contributed by atoms with Crippen LogP contribution in [0.4, 0.5) is 5.69 Å². The molecular weight excluding hydrogens is 413 g/mol. The molecule has 0 fully saturated rings. The number of nitrogens with zero attached hydrogens (tertiary/aromatic N) is 2. The maximum Gasteiger partial charge on any atom is 0.0938 e. The molecule has 1 atom stereocenters. The predicted octanol–water partition coefficient (Wildman–Crippen LogP) is 6.75. The number of hydrogen-bond donors (Lipinski definition) is 1. The molecule has 3 aromatic rings. The number of nitrogens with one attached hydrogen (secondary N) is 1. The van der Waals surface area contributed by atoms with Crippen molar-refractivity contribution in [1.29, 1.82) is 5.41 Å². The number of para-hydroxylation sites is 1. The third-order valence-electron chi connectivity index (χ3n) is 5.27. The zero-order valence-corrected chi connectivity index (χ0v) is 18.0. The molecule has 0 bridgehead atoms.